The maximum atomic E-state index is 6.30. The Morgan fingerprint density at radius 2 is 1.84 bits per heavy atom. The van der Waals surface area contributed by atoms with Gasteiger partial charge in [-0.15, -0.1) is 0 Å². The lowest BCUT2D eigenvalue weighted by Gasteiger charge is -2.21. The minimum Gasteiger partial charge on any atom is -0.323 e. The number of rotatable bonds is 1. The molecular formula is C13H12Cl3N3. The number of anilines is 1. The van der Waals surface area contributed by atoms with Crippen LogP contribution in [0.15, 0.2) is 6.07 Å². The fraction of sp³-hybridized carbons (Fsp3) is 0.308. The molecule has 0 amide bonds. The van der Waals surface area contributed by atoms with E-state index in [1.165, 1.54) is 0 Å². The number of hydrazine groups is 1. The van der Waals surface area contributed by atoms with E-state index in [-0.39, 0.29) is 0 Å². The molecule has 0 atom stereocenters. The maximum absolute atomic E-state index is 6.30. The Hall–Kier alpha value is -0.740. The van der Waals surface area contributed by atoms with Crippen molar-refractivity contribution in [3.8, 4) is 0 Å². The number of fused-ring (bicyclic) bond motifs is 2. The van der Waals surface area contributed by atoms with Crippen LogP contribution in [0.1, 0.15) is 24.1 Å². The Labute approximate surface area is 126 Å². The van der Waals surface area contributed by atoms with Crippen LogP contribution < -0.4 is 11.3 Å². The number of aryl methyl sites for hydroxylation is 1. The Morgan fingerprint density at radius 3 is 2.58 bits per heavy atom. The van der Waals surface area contributed by atoms with E-state index in [1.807, 2.05) is 0 Å². The van der Waals surface area contributed by atoms with E-state index in [1.54, 1.807) is 6.07 Å². The van der Waals surface area contributed by atoms with Crippen molar-refractivity contribution >= 4 is 51.4 Å². The highest BCUT2D eigenvalue weighted by molar-refractivity contribution is 6.48. The smallest absolute Gasteiger partial charge is 0.0929 e. The van der Waals surface area contributed by atoms with Crippen LogP contribution >= 0.6 is 34.8 Å². The number of nitrogens with one attached hydrogen (secondary N) is 1. The summed E-state index contributed by atoms with van der Waals surface area (Å²) in [5, 5.41) is 2.06. The van der Waals surface area contributed by atoms with Gasteiger partial charge in [-0.2, -0.15) is 0 Å². The molecule has 0 saturated carbocycles. The molecule has 0 saturated heterocycles. The van der Waals surface area contributed by atoms with Crippen molar-refractivity contribution < 1.29 is 0 Å². The summed E-state index contributed by atoms with van der Waals surface area (Å²) in [6.07, 6.45) is 4.14. The molecule has 3 rings (SSSR count). The first-order valence-electron chi connectivity index (χ1n) is 6.09. The first kappa shape index (κ1) is 13.3. The maximum Gasteiger partial charge on any atom is 0.0929 e. The van der Waals surface area contributed by atoms with Crippen molar-refractivity contribution in [1.82, 2.24) is 4.98 Å². The fourth-order valence-corrected chi connectivity index (χ4v) is 3.39. The molecule has 0 unspecified atom stereocenters. The highest BCUT2D eigenvalue weighted by atomic mass is 35.5. The minimum absolute atomic E-state index is 0.410. The van der Waals surface area contributed by atoms with Gasteiger partial charge in [0.2, 0.25) is 0 Å². The number of benzene rings is 1. The average Bonchev–Trinajstić information content (AvgIpc) is 2.42. The molecule has 1 aromatic heterocycles. The average molecular weight is 317 g/mol. The zero-order valence-corrected chi connectivity index (χ0v) is 12.3. The third kappa shape index (κ3) is 2.05. The van der Waals surface area contributed by atoms with Crippen molar-refractivity contribution in [1.29, 1.82) is 0 Å². The van der Waals surface area contributed by atoms with Crippen molar-refractivity contribution in [2.75, 3.05) is 5.43 Å². The van der Waals surface area contributed by atoms with E-state index >= 15 is 0 Å². The molecule has 6 heteroatoms. The molecule has 0 radical (unpaired) electrons. The van der Waals surface area contributed by atoms with Crippen molar-refractivity contribution in [3.63, 3.8) is 0 Å². The molecule has 0 fully saturated rings. The second-order valence-electron chi connectivity index (χ2n) is 4.64. The van der Waals surface area contributed by atoms with Crippen molar-refractivity contribution in [3.05, 3.63) is 32.4 Å². The van der Waals surface area contributed by atoms with Crippen LogP contribution in [-0.4, -0.2) is 4.98 Å². The second-order valence-corrected chi connectivity index (χ2v) is 5.83. The van der Waals surface area contributed by atoms with E-state index < -0.39 is 0 Å². The molecule has 3 nitrogen and oxygen atoms in total. The van der Waals surface area contributed by atoms with Gasteiger partial charge in [-0.05, 0) is 37.3 Å². The molecular weight excluding hydrogens is 305 g/mol. The SMILES string of the molecule is NNc1c2c(nc3c(Cl)cc(Cl)c(Cl)c13)CCCC2. The van der Waals surface area contributed by atoms with E-state index in [0.717, 1.165) is 42.6 Å². The van der Waals surface area contributed by atoms with Crippen LogP contribution in [0.3, 0.4) is 0 Å². The summed E-state index contributed by atoms with van der Waals surface area (Å²) in [5.41, 5.74) is 6.38. The van der Waals surface area contributed by atoms with Gasteiger partial charge >= 0.3 is 0 Å². The second kappa shape index (κ2) is 4.98. The number of nitrogens with zero attached hydrogens (tertiary/aromatic N) is 1. The lowest BCUT2D eigenvalue weighted by Crippen LogP contribution is -2.15. The van der Waals surface area contributed by atoms with Gasteiger partial charge in [0.15, 0.2) is 0 Å². The summed E-state index contributed by atoms with van der Waals surface area (Å²) in [6.45, 7) is 0. The zero-order valence-electron chi connectivity index (χ0n) is 10.1. The molecule has 1 heterocycles. The molecule has 100 valence electrons. The normalized spacial score (nSPS) is 14.5. The first-order chi connectivity index (χ1) is 9.13. The number of nitrogen functional groups attached to an aromatic ring is 1. The number of nitrogens with two attached hydrogens (primary N) is 1. The Balaban J connectivity index is 2.47. The third-order valence-electron chi connectivity index (χ3n) is 3.53. The minimum atomic E-state index is 0.410. The van der Waals surface area contributed by atoms with Crippen LogP contribution in [0.2, 0.25) is 15.1 Å². The zero-order chi connectivity index (χ0) is 13.6. The number of hydrogen-bond donors (Lipinski definition) is 2. The van der Waals surface area contributed by atoms with Gasteiger partial charge in [-0.3, -0.25) is 10.8 Å². The number of aromatic nitrogens is 1. The lowest BCUT2D eigenvalue weighted by atomic mass is 9.93. The quantitative estimate of drug-likeness (QED) is 0.467. The van der Waals surface area contributed by atoms with Gasteiger partial charge in [-0.1, -0.05) is 34.8 Å². The summed E-state index contributed by atoms with van der Waals surface area (Å²) in [6, 6.07) is 1.62. The number of hydrogen-bond acceptors (Lipinski definition) is 3. The monoisotopic (exact) mass is 315 g/mol. The molecule has 1 aliphatic rings. The highest BCUT2D eigenvalue weighted by Gasteiger charge is 2.21. The van der Waals surface area contributed by atoms with Crippen LogP contribution in [0.4, 0.5) is 5.69 Å². The number of halogens is 3. The van der Waals surface area contributed by atoms with Crippen molar-refractivity contribution in [2.24, 2.45) is 5.84 Å². The van der Waals surface area contributed by atoms with Crippen LogP contribution in [0.25, 0.3) is 10.9 Å². The van der Waals surface area contributed by atoms with Gasteiger partial charge in [0, 0.05) is 11.1 Å². The molecule has 2 aromatic rings. The molecule has 0 bridgehead atoms. The van der Waals surface area contributed by atoms with Crippen LogP contribution in [-0.2, 0) is 12.8 Å². The Kier molecular flexibility index (Phi) is 3.48. The van der Waals surface area contributed by atoms with Gasteiger partial charge in [0.05, 0.1) is 26.3 Å². The fourth-order valence-electron chi connectivity index (χ4n) is 2.65. The Bertz CT molecular complexity index is 670. The van der Waals surface area contributed by atoms with Gasteiger partial charge in [0.25, 0.3) is 0 Å². The summed E-state index contributed by atoms with van der Waals surface area (Å²) >= 11 is 18.6. The number of pyridine rings is 1. The van der Waals surface area contributed by atoms with Crippen LogP contribution in [0, 0.1) is 0 Å². The summed E-state index contributed by atoms with van der Waals surface area (Å²) in [7, 11) is 0. The van der Waals surface area contributed by atoms with Crippen LogP contribution in [0.5, 0.6) is 0 Å². The molecule has 1 aromatic carbocycles. The summed E-state index contributed by atoms with van der Waals surface area (Å²) in [5.74, 6) is 5.69. The van der Waals surface area contributed by atoms with Gasteiger partial charge in [-0.25, -0.2) is 0 Å². The van der Waals surface area contributed by atoms with E-state index in [2.05, 4.69) is 10.4 Å². The summed E-state index contributed by atoms with van der Waals surface area (Å²) < 4.78 is 0. The molecule has 0 aliphatic heterocycles. The largest absolute Gasteiger partial charge is 0.323 e. The van der Waals surface area contributed by atoms with Gasteiger partial charge in [0.1, 0.15) is 0 Å². The predicted molar refractivity (Wildman–Crippen MR) is 81.2 cm³/mol. The molecule has 19 heavy (non-hydrogen) atoms. The van der Waals surface area contributed by atoms with E-state index in [0.29, 0.717) is 26.0 Å². The molecule has 3 N–H and O–H groups in total. The lowest BCUT2D eigenvalue weighted by molar-refractivity contribution is 0.672. The standard InChI is InChI=1S/C13H12Cl3N3/c14-7-5-8(15)13-10(11(7)16)12(19-17)6-3-1-2-4-9(6)18-13/h5H,1-4,17H2,(H,18,19). The summed E-state index contributed by atoms with van der Waals surface area (Å²) in [4.78, 5) is 4.66. The molecule has 1 aliphatic carbocycles. The highest BCUT2D eigenvalue weighted by Crippen LogP contribution is 2.42. The van der Waals surface area contributed by atoms with E-state index in [4.69, 9.17) is 40.6 Å². The van der Waals surface area contributed by atoms with Crippen molar-refractivity contribution in [2.45, 2.75) is 25.7 Å². The first-order valence-corrected chi connectivity index (χ1v) is 7.22. The van der Waals surface area contributed by atoms with Gasteiger partial charge < -0.3 is 5.43 Å². The Morgan fingerprint density at radius 1 is 1.11 bits per heavy atom. The predicted octanol–water partition coefficient (Wildman–Crippen LogP) is 4.36. The molecule has 0 spiro atoms. The topological polar surface area (TPSA) is 50.9 Å². The van der Waals surface area contributed by atoms with E-state index in [9.17, 15) is 0 Å². The third-order valence-corrected chi connectivity index (χ3v) is 4.60.